The second kappa shape index (κ2) is 8.19. The Morgan fingerprint density at radius 1 is 1.16 bits per heavy atom. The van der Waals surface area contributed by atoms with E-state index >= 15 is 0 Å². The number of nitrogens with zero attached hydrogens (tertiary/aromatic N) is 2. The molecule has 1 heterocycles. The van der Waals surface area contributed by atoms with E-state index in [0.29, 0.717) is 6.54 Å². The monoisotopic (exact) mass is 277 g/mol. The van der Waals surface area contributed by atoms with E-state index in [1.807, 2.05) is 0 Å². The Kier molecular flexibility index (Phi) is 6.91. The number of aryl methyl sites for hydroxylation is 1. The molecule has 6 heteroatoms. The maximum atomic E-state index is 12.3. The van der Waals surface area contributed by atoms with Crippen LogP contribution in [0.4, 0.5) is 13.2 Å². The Hall–Kier alpha value is -1.04. The molecule has 0 aliphatic rings. The van der Waals surface area contributed by atoms with Gasteiger partial charge in [-0.15, -0.1) is 0 Å². The molecule has 0 bridgehead atoms. The topological polar surface area (TPSA) is 29.9 Å². The fourth-order valence-electron chi connectivity index (χ4n) is 1.81. The molecule has 0 radical (unpaired) electrons. The molecule has 0 amide bonds. The predicted molar refractivity (Wildman–Crippen MR) is 68.9 cm³/mol. The van der Waals surface area contributed by atoms with Gasteiger partial charge in [-0.1, -0.05) is 19.8 Å². The van der Waals surface area contributed by atoms with Crippen molar-refractivity contribution in [2.24, 2.45) is 0 Å². The summed E-state index contributed by atoms with van der Waals surface area (Å²) in [6.45, 7) is 4.76. The second-order valence-electron chi connectivity index (χ2n) is 4.65. The first-order valence-electron chi connectivity index (χ1n) is 6.84. The molecule has 0 fully saturated rings. The molecule has 19 heavy (non-hydrogen) atoms. The van der Waals surface area contributed by atoms with Crippen LogP contribution in [0.2, 0.25) is 0 Å². The first-order valence-corrected chi connectivity index (χ1v) is 6.84. The minimum absolute atomic E-state index is 0.554. The molecule has 1 aromatic rings. The molecule has 0 aromatic carbocycles. The highest BCUT2D eigenvalue weighted by Gasteiger charge is 2.31. The zero-order valence-corrected chi connectivity index (χ0v) is 11.3. The maximum absolute atomic E-state index is 12.3. The third-order valence-corrected chi connectivity index (χ3v) is 2.88. The summed E-state index contributed by atoms with van der Waals surface area (Å²) >= 11 is 0. The molecule has 0 unspecified atom stereocenters. The fourth-order valence-corrected chi connectivity index (χ4v) is 1.81. The van der Waals surface area contributed by atoms with Crippen molar-refractivity contribution in [3.8, 4) is 0 Å². The largest absolute Gasteiger partial charge is 0.419 e. The van der Waals surface area contributed by atoms with Gasteiger partial charge in [-0.25, -0.2) is 0 Å². The van der Waals surface area contributed by atoms with Crippen molar-refractivity contribution in [2.45, 2.75) is 51.7 Å². The predicted octanol–water partition coefficient (Wildman–Crippen LogP) is 3.46. The standard InChI is InChI=1S/C13H22F3N3/c1-2-7-17-8-5-3-4-6-9-19-11-12(10-18-19)13(14,15)16/h10-11,17H,2-9H2,1H3. The summed E-state index contributed by atoms with van der Waals surface area (Å²) in [5.41, 5.74) is -0.670. The SMILES string of the molecule is CCCNCCCCCCn1cc(C(F)(F)F)cn1. The number of alkyl halides is 3. The van der Waals surface area contributed by atoms with Crippen LogP contribution in [0.15, 0.2) is 12.4 Å². The molecule has 3 nitrogen and oxygen atoms in total. The smallest absolute Gasteiger partial charge is 0.317 e. The molecule has 1 aromatic heterocycles. The van der Waals surface area contributed by atoms with Crippen molar-refractivity contribution >= 4 is 0 Å². The lowest BCUT2D eigenvalue weighted by Crippen LogP contribution is -2.15. The van der Waals surface area contributed by atoms with E-state index in [1.165, 1.54) is 4.68 Å². The zero-order valence-electron chi connectivity index (χ0n) is 11.3. The summed E-state index contributed by atoms with van der Waals surface area (Å²) in [5.74, 6) is 0. The molecule has 110 valence electrons. The first kappa shape index (κ1) is 16.0. The number of aromatic nitrogens is 2. The number of rotatable bonds is 9. The molecule has 0 spiro atoms. The summed E-state index contributed by atoms with van der Waals surface area (Å²) in [6, 6.07) is 0. The number of halogens is 3. The lowest BCUT2D eigenvalue weighted by atomic mass is 10.2. The van der Waals surface area contributed by atoms with Crippen LogP contribution in [0.3, 0.4) is 0 Å². The van der Waals surface area contributed by atoms with Gasteiger partial charge in [-0.05, 0) is 32.4 Å². The molecule has 0 aliphatic carbocycles. The van der Waals surface area contributed by atoms with Crippen molar-refractivity contribution in [1.29, 1.82) is 0 Å². The zero-order chi connectivity index (χ0) is 14.1. The molecule has 1 rings (SSSR count). The van der Waals surface area contributed by atoms with E-state index in [0.717, 1.165) is 57.6 Å². The van der Waals surface area contributed by atoms with Gasteiger partial charge in [-0.2, -0.15) is 18.3 Å². The van der Waals surface area contributed by atoms with Gasteiger partial charge in [0.1, 0.15) is 0 Å². The quantitative estimate of drug-likeness (QED) is 0.700. The number of hydrogen-bond donors (Lipinski definition) is 1. The first-order chi connectivity index (χ1) is 9.04. The fraction of sp³-hybridized carbons (Fsp3) is 0.769. The molecular weight excluding hydrogens is 255 g/mol. The van der Waals surface area contributed by atoms with Gasteiger partial charge in [0.05, 0.1) is 11.8 Å². The second-order valence-corrected chi connectivity index (χ2v) is 4.65. The van der Waals surface area contributed by atoms with E-state index in [4.69, 9.17) is 0 Å². The van der Waals surface area contributed by atoms with Crippen LogP contribution >= 0.6 is 0 Å². The summed E-state index contributed by atoms with van der Waals surface area (Å²) < 4.78 is 38.4. The number of nitrogens with one attached hydrogen (secondary N) is 1. The van der Waals surface area contributed by atoms with Gasteiger partial charge >= 0.3 is 6.18 Å². The minimum atomic E-state index is -4.29. The maximum Gasteiger partial charge on any atom is 0.419 e. The Bertz CT molecular complexity index is 347. The Morgan fingerprint density at radius 3 is 2.53 bits per heavy atom. The van der Waals surface area contributed by atoms with E-state index in [9.17, 15) is 13.2 Å². The van der Waals surface area contributed by atoms with Gasteiger partial charge in [0, 0.05) is 12.7 Å². The van der Waals surface area contributed by atoms with Crippen molar-refractivity contribution in [3.63, 3.8) is 0 Å². The van der Waals surface area contributed by atoms with Crippen LogP contribution in [0.1, 0.15) is 44.6 Å². The normalized spacial score (nSPS) is 12.0. The Labute approximate surface area is 112 Å². The highest BCUT2D eigenvalue weighted by Crippen LogP contribution is 2.28. The van der Waals surface area contributed by atoms with Gasteiger partial charge in [0.2, 0.25) is 0 Å². The lowest BCUT2D eigenvalue weighted by Gasteiger charge is -2.04. The summed E-state index contributed by atoms with van der Waals surface area (Å²) in [6.07, 6.45) is 2.92. The van der Waals surface area contributed by atoms with E-state index in [1.54, 1.807) is 0 Å². The van der Waals surface area contributed by atoms with E-state index < -0.39 is 11.7 Å². The van der Waals surface area contributed by atoms with Crippen LogP contribution in [0.5, 0.6) is 0 Å². The Morgan fingerprint density at radius 2 is 1.89 bits per heavy atom. The van der Waals surface area contributed by atoms with Crippen molar-refractivity contribution in [3.05, 3.63) is 18.0 Å². The third-order valence-electron chi connectivity index (χ3n) is 2.88. The van der Waals surface area contributed by atoms with Crippen molar-refractivity contribution in [1.82, 2.24) is 15.1 Å². The van der Waals surface area contributed by atoms with Gasteiger partial charge in [-0.3, -0.25) is 4.68 Å². The van der Waals surface area contributed by atoms with Crippen molar-refractivity contribution < 1.29 is 13.2 Å². The van der Waals surface area contributed by atoms with Crippen LogP contribution in [0, 0.1) is 0 Å². The molecule has 0 saturated carbocycles. The summed E-state index contributed by atoms with van der Waals surface area (Å²) in [7, 11) is 0. The summed E-state index contributed by atoms with van der Waals surface area (Å²) in [5, 5.41) is 7.05. The van der Waals surface area contributed by atoms with Crippen LogP contribution in [0.25, 0.3) is 0 Å². The minimum Gasteiger partial charge on any atom is -0.317 e. The third kappa shape index (κ3) is 6.61. The molecule has 0 atom stereocenters. The highest BCUT2D eigenvalue weighted by atomic mass is 19.4. The van der Waals surface area contributed by atoms with Gasteiger partial charge in [0.25, 0.3) is 0 Å². The number of hydrogen-bond acceptors (Lipinski definition) is 2. The van der Waals surface area contributed by atoms with Gasteiger partial charge < -0.3 is 5.32 Å². The van der Waals surface area contributed by atoms with Crippen LogP contribution in [-0.2, 0) is 12.7 Å². The van der Waals surface area contributed by atoms with Crippen molar-refractivity contribution in [2.75, 3.05) is 13.1 Å². The Balaban J connectivity index is 2.08. The number of unbranched alkanes of at least 4 members (excludes halogenated alkanes) is 3. The van der Waals surface area contributed by atoms with Crippen LogP contribution in [-0.4, -0.2) is 22.9 Å². The molecule has 0 saturated heterocycles. The summed E-state index contributed by atoms with van der Waals surface area (Å²) in [4.78, 5) is 0. The molecular formula is C13H22F3N3. The van der Waals surface area contributed by atoms with E-state index in [-0.39, 0.29) is 0 Å². The molecule has 0 aliphatic heterocycles. The molecule has 1 N–H and O–H groups in total. The average molecular weight is 277 g/mol. The van der Waals surface area contributed by atoms with E-state index in [2.05, 4.69) is 17.3 Å². The highest BCUT2D eigenvalue weighted by molar-refractivity contribution is 5.08. The van der Waals surface area contributed by atoms with Crippen LogP contribution < -0.4 is 5.32 Å². The average Bonchev–Trinajstić information content (AvgIpc) is 2.81. The lowest BCUT2D eigenvalue weighted by molar-refractivity contribution is -0.137. The van der Waals surface area contributed by atoms with Gasteiger partial charge in [0.15, 0.2) is 0 Å².